The maximum atomic E-state index is 12.6. The average Bonchev–Trinajstić information content (AvgIpc) is 2.86. The van der Waals surface area contributed by atoms with Crippen molar-refractivity contribution in [2.24, 2.45) is 0 Å². The van der Waals surface area contributed by atoms with Crippen LogP contribution >= 0.6 is 0 Å². The van der Waals surface area contributed by atoms with Gasteiger partial charge in [-0.25, -0.2) is 4.79 Å². The van der Waals surface area contributed by atoms with E-state index in [1.54, 1.807) is 30.3 Å². The second kappa shape index (κ2) is 12.3. The number of carbonyl (C=O) groups excluding carboxylic acids is 1. The number of nitriles is 1. The summed E-state index contributed by atoms with van der Waals surface area (Å²) in [5.74, 6) is -0.759. The lowest BCUT2D eigenvalue weighted by atomic mass is 9.84. The quantitative estimate of drug-likeness (QED) is 0.180. The second-order valence-corrected chi connectivity index (χ2v) is 8.20. The maximum Gasteiger partial charge on any atom is 0.331 e. The smallest absolute Gasteiger partial charge is 0.331 e. The SMILES string of the molecule is CO[C@@H]1C(OC(=O)/C=C/c2ccccc2)/C(=C\C#N)[C@@H](O[C@@H]2O[C@H](CO)[C@@H](O)[C@H](O)[C@H]2O)C[C@@H]1O. The number of aliphatic hydroxyl groups excluding tert-OH is 5. The van der Waals surface area contributed by atoms with Crippen LogP contribution in [0.1, 0.15) is 12.0 Å². The van der Waals surface area contributed by atoms with E-state index in [1.165, 1.54) is 13.2 Å². The summed E-state index contributed by atoms with van der Waals surface area (Å²) in [6.07, 6.45) is -8.48. The van der Waals surface area contributed by atoms with Gasteiger partial charge < -0.3 is 44.5 Å². The molecule has 5 N–H and O–H groups in total. The van der Waals surface area contributed by atoms with Crippen molar-refractivity contribution in [3.63, 3.8) is 0 Å². The number of methoxy groups -OCH3 is 1. The second-order valence-electron chi connectivity index (χ2n) is 8.20. The van der Waals surface area contributed by atoms with Gasteiger partial charge in [0.1, 0.15) is 30.5 Å². The number of nitrogens with zero attached hydrogens (tertiary/aromatic N) is 1. The summed E-state index contributed by atoms with van der Waals surface area (Å²) in [4.78, 5) is 12.6. The molecule has 1 aliphatic heterocycles. The van der Waals surface area contributed by atoms with Gasteiger partial charge in [0.05, 0.1) is 24.9 Å². The molecule has 2 aliphatic rings. The first-order chi connectivity index (χ1) is 16.8. The highest BCUT2D eigenvalue weighted by Gasteiger charge is 2.49. The number of ether oxygens (including phenoxy) is 4. The molecule has 1 aromatic rings. The third-order valence-electron chi connectivity index (χ3n) is 5.94. The van der Waals surface area contributed by atoms with E-state index < -0.39 is 67.7 Å². The predicted octanol–water partition coefficient (Wildman–Crippen LogP) is -0.974. The lowest BCUT2D eigenvalue weighted by Crippen LogP contribution is -2.60. The first kappa shape index (κ1) is 26.9. The van der Waals surface area contributed by atoms with Crippen LogP contribution in [0.5, 0.6) is 0 Å². The standard InChI is InChI=1S/C24H29NO10/c1-32-23-15(27)11-16(33-24-21(31)20(30)19(29)17(12-26)34-24)14(9-10-25)22(23)35-18(28)8-7-13-5-3-2-4-6-13/h2-9,15-17,19-24,26-27,29-31H,11-12H2,1H3/b8-7+,14-9-/t15-,16-,17+,19+,20-,21+,22?,23-,24+/m0/s1. The molecule has 1 heterocycles. The molecule has 0 amide bonds. The van der Waals surface area contributed by atoms with Gasteiger partial charge in [-0.15, -0.1) is 0 Å². The molecule has 11 nitrogen and oxygen atoms in total. The van der Waals surface area contributed by atoms with E-state index in [2.05, 4.69) is 0 Å². The van der Waals surface area contributed by atoms with Crippen molar-refractivity contribution in [2.75, 3.05) is 13.7 Å². The molecular weight excluding hydrogens is 462 g/mol. The minimum Gasteiger partial charge on any atom is -0.452 e. The van der Waals surface area contributed by atoms with E-state index in [9.17, 15) is 35.6 Å². The van der Waals surface area contributed by atoms with Gasteiger partial charge in [-0.1, -0.05) is 30.3 Å². The molecule has 190 valence electrons. The first-order valence-corrected chi connectivity index (χ1v) is 11.0. The molecule has 3 rings (SSSR count). The molecule has 0 aromatic heterocycles. The average molecular weight is 491 g/mol. The zero-order chi connectivity index (χ0) is 25.5. The Labute approximate surface area is 202 Å². The molecule has 0 radical (unpaired) electrons. The van der Waals surface area contributed by atoms with Crippen LogP contribution in [0.25, 0.3) is 6.08 Å². The number of aliphatic hydroxyl groups is 5. The molecule has 1 unspecified atom stereocenters. The van der Waals surface area contributed by atoms with Gasteiger partial charge in [-0.2, -0.15) is 5.26 Å². The lowest BCUT2D eigenvalue weighted by Gasteiger charge is -2.44. The van der Waals surface area contributed by atoms with Crippen LogP contribution < -0.4 is 0 Å². The molecule has 1 aromatic carbocycles. The summed E-state index contributed by atoms with van der Waals surface area (Å²) in [6.45, 7) is -0.654. The molecule has 35 heavy (non-hydrogen) atoms. The van der Waals surface area contributed by atoms with Gasteiger partial charge in [0.25, 0.3) is 0 Å². The van der Waals surface area contributed by atoms with Crippen LogP contribution in [0.3, 0.4) is 0 Å². The normalized spacial score (nSPS) is 36.7. The first-order valence-electron chi connectivity index (χ1n) is 11.0. The van der Waals surface area contributed by atoms with Crippen LogP contribution in [0.2, 0.25) is 0 Å². The van der Waals surface area contributed by atoms with Gasteiger partial charge >= 0.3 is 5.97 Å². The number of carbonyl (C=O) groups is 1. The molecule has 9 atom stereocenters. The van der Waals surface area contributed by atoms with Gasteiger partial charge in [0, 0.05) is 31.3 Å². The van der Waals surface area contributed by atoms with Crippen molar-refractivity contribution in [3.05, 3.63) is 53.6 Å². The Kier molecular flexibility index (Phi) is 9.50. The number of benzene rings is 1. The molecule has 2 fully saturated rings. The minimum absolute atomic E-state index is 0.116. The number of hydrogen-bond donors (Lipinski definition) is 5. The van der Waals surface area contributed by atoms with Gasteiger partial charge in [-0.05, 0) is 11.6 Å². The summed E-state index contributed by atoms with van der Waals surface area (Å²) >= 11 is 0. The highest BCUT2D eigenvalue weighted by molar-refractivity contribution is 5.87. The molecule has 0 spiro atoms. The zero-order valence-corrected chi connectivity index (χ0v) is 19.0. The third-order valence-corrected chi connectivity index (χ3v) is 5.94. The van der Waals surface area contributed by atoms with E-state index in [0.717, 1.165) is 11.6 Å². The Bertz CT molecular complexity index is 943. The Hall–Kier alpha value is -2.66. The number of esters is 1. The van der Waals surface area contributed by atoms with Crippen LogP contribution in [0, 0.1) is 11.3 Å². The van der Waals surface area contributed by atoms with E-state index in [4.69, 9.17) is 18.9 Å². The molecule has 11 heteroatoms. The Morgan fingerprint density at radius 2 is 1.89 bits per heavy atom. The minimum atomic E-state index is -1.69. The monoisotopic (exact) mass is 491 g/mol. The summed E-state index contributed by atoms with van der Waals surface area (Å²) in [7, 11) is 1.32. The summed E-state index contributed by atoms with van der Waals surface area (Å²) in [6, 6.07) is 10.9. The van der Waals surface area contributed by atoms with Crippen molar-refractivity contribution in [1.82, 2.24) is 0 Å². The number of rotatable bonds is 7. The van der Waals surface area contributed by atoms with Gasteiger partial charge in [-0.3, -0.25) is 0 Å². The predicted molar refractivity (Wildman–Crippen MR) is 119 cm³/mol. The zero-order valence-electron chi connectivity index (χ0n) is 19.0. The number of allylic oxidation sites excluding steroid dienone is 1. The molecule has 0 bridgehead atoms. The lowest BCUT2D eigenvalue weighted by molar-refractivity contribution is -0.312. The summed E-state index contributed by atoms with van der Waals surface area (Å²) in [5, 5.41) is 59.7. The van der Waals surface area contributed by atoms with E-state index in [-0.39, 0.29) is 12.0 Å². The summed E-state index contributed by atoms with van der Waals surface area (Å²) in [5.41, 5.74) is 0.899. The topological polar surface area (TPSA) is 179 Å². The fourth-order valence-corrected chi connectivity index (χ4v) is 4.10. The Morgan fingerprint density at radius 1 is 1.17 bits per heavy atom. The molecular formula is C24H29NO10. The van der Waals surface area contributed by atoms with Crippen LogP contribution in [-0.2, 0) is 23.7 Å². The highest BCUT2D eigenvalue weighted by Crippen LogP contribution is 2.34. The summed E-state index contributed by atoms with van der Waals surface area (Å²) < 4.78 is 22.0. The van der Waals surface area contributed by atoms with Gasteiger partial charge in [0.15, 0.2) is 12.4 Å². The van der Waals surface area contributed by atoms with Crippen LogP contribution in [0.15, 0.2) is 48.1 Å². The van der Waals surface area contributed by atoms with Crippen molar-refractivity contribution < 1.29 is 49.3 Å². The number of hydrogen-bond acceptors (Lipinski definition) is 11. The Balaban J connectivity index is 1.82. The van der Waals surface area contributed by atoms with Crippen molar-refractivity contribution in [3.8, 4) is 6.07 Å². The maximum absolute atomic E-state index is 12.6. The fraction of sp³-hybridized carbons (Fsp3) is 0.500. The van der Waals surface area contributed by atoms with Crippen LogP contribution in [-0.4, -0.2) is 100 Å². The van der Waals surface area contributed by atoms with E-state index in [1.807, 2.05) is 12.1 Å². The van der Waals surface area contributed by atoms with Crippen LogP contribution in [0.4, 0.5) is 0 Å². The van der Waals surface area contributed by atoms with Gasteiger partial charge in [0.2, 0.25) is 0 Å². The Morgan fingerprint density at radius 3 is 2.51 bits per heavy atom. The van der Waals surface area contributed by atoms with E-state index in [0.29, 0.717) is 0 Å². The third kappa shape index (κ3) is 6.32. The highest BCUT2D eigenvalue weighted by atomic mass is 16.7. The molecule has 1 saturated carbocycles. The molecule has 1 saturated heterocycles. The van der Waals surface area contributed by atoms with Crippen molar-refractivity contribution in [1.29, 1.82) is 5.26 Å². The van der Waals surface area contributed by atoms with Crippen molar-refractivity contribution in [2.45, 2.75) is 61.5 Å². The largest absolute Gasteiger partial charge is 0.452 e. The fourth-order valence-electron chi connectivity index (χ4n) is 4.10. The van der Waals surface area contributed by atoms with Crippen molar-refractivity contribution >= 4 is 12.0 Å². The molecule has 1 aliphatic carbocycles. The van der Waals surface area contributed by atoms with E-state index >= 15 is 0 Å².